The van der Waals surface area contributed by atoms with Gasteiger partial charge < -0.3 is 10.1 Å². The summed E-state index contributed by atoms with van der Waals surface area (Å²) < 4.78 is 19.5. The van der Waals surface area contributed by atoms with Gasteiger partial charge in [0.1, 0.15) is 23.9 Å². The lowest BCUT2D eigenvalue weighted by Gasteiger charge is -2.06. The van der Waals surface area contributed by atoms with Gasteiger partial charge in [0.25, 0.3) is 5.91 Å². The van der Waals surface area contributed by atoms with Crippen LogP contribution in [-0.2, 0) is 11.4 Å². The molecule has 0 aromatic heterocycles. The zero-order chi connectivity index (χ0) is 20.1. The summed E-state index contributed by atoms with van der Waals surface area (Å²) in [5.74, 6) is 0.0641. The van der Waals surface area contributed by atoms with Gasteiger partial charge in [-0.1, -0.05) is 54.6 Å². The van der Waals surface area contributed by atoms with Gasteiger partial charge in [0, 0.05) is 0 Å². The minimum Gasteiger partial charge on any atom is -0.489 e. The van der Waals surface area contributed by atoms with E-state index in [-0.39, 0.29) is 11.6 Å². The predicted molar refractivity (Wildman–Crippen MR) is 114 cm³/mol. The van der Waals surface area contributed by atoms with E-state index < -0.39 is 5.82 Å². The number of hydrogen-bond acceptors (Lipinski definition) is 4. The third kappa shape index (κ3) is 4.92. The van der Waals surface area contributed by atoms with Gasteiger partial charge in [-0.25, -0.2) is 9.38 Å². The van der Waals surface area contributed by atoms with Crippen molar-refractivity contribution in [2.24, 2.45) is 4.99 Å². The van der Waals surface area contributed by atoms with Crippen LogP contribution in [-0.4, -0.2) is 11.1 Å². The molecule has 0 bridgehead atoms. The molecule has 1 heterocycles. The summed E-state index contributed by atoms with van der Waals surface area (Å²) >= 11 is 1.18. The maximum absolute atomic E-state index is 13.7. The Kier molecular flexibility index (Phi) is 5.72. The number of ether oxygens (including phenoxy) is 1. The molecule has 1 amide bonds. The molecule has 144 valence electrons. The van der Waals surface area contributed by atoms with Gasteiger partial charge in [-0.2, -0.15) is 0 Å². The highest BCUT2D eigenvalue weighted by molar-refractivity contribution is 8.18. The van der Waals surface area contributed by atoms with Crippen molar-refractivity contribution in [2.75, 3.05) is 0 Å². The molecular formula is C23H17FN2O2S. The summed E-state index contributed by atoms with van der Waals surface area (Å²) in [5, 5.41) is 3.02. The third-order valence-electron chi connectivity index (χ3n) is 4.15. The molecule has 0 spiro atoms. The highest BCUT2D eigenvalue weighted by Gasteiger charge is 2.24. The molecule has 29 heavy (non-hydrogen) atoms. The minimum atomic E-state index is -0.432. The van der Waals surface area contributed by atoms with Crippen LogP contribution >= 0.6 is 11.8 Å². The minimum absolute atomic E-state index is 0.191. The van der Waals surface area contributed by atoms with Crippen molar-refractivity contribution in [1.29, 1.82) is 0 Å². The smallest absolute Gasteiger partial charge is 0.264 e. The summed E-state index contributed by atoms with van der Waals surface area (Å²) in [6, 6.07) is 23.6. The number of carbonyl (C=O) groups is 1. The molecule has 0 unspecified atom stereocenters. The molecule has 0 radical (unpaired) electrons. The first-order valence-corrected chi connectivity index (χ1v) is 9.80. The second kappa shape index (κ2) is 8.75. The predicted octanol–water partition coefficient (Wildman–Crippen LogP) is 5.30. The Labute approximate surface area is 172 Å². The number of carbonyl (C=O) groups excluding carboxylic acids is 1. The molecule has 1 saturated heterocycles. The van der Waals surface area contributed by atoms with Crippen LogP contribution in [0.1, 0.15) is 11.1 Å². The number of hydrogen-bond donors (Lipinski definition) is 1. The number of amidine groups is 1. The zero-order valence-corrected chi connectivity index (χ0v) is 16.2. The standard InChI is InChI=1S/C23H17FN2O2S/c24-19-8-4-5-9-20(19)25-23-26-22(27)21(29-23)14-16-10-12-18(13-11-16)28-15-17-6-2-1-3-7-17/h1-14H,15H2,(H,25,26,27)/b21-14-. The van der Waals surface area contributed by atoms with Gasteiger partial charge in [0.15, 0.2) is 5.17 Å². The van der Waals surface area contributed by atoms with E-state index in [2.05, 4.69) is 10.3 Å². The monoisotopic (exact) mass is 404 g/mol. The molecule has 0 saturated carbocycles. The number of nitrogens with zero attached hydrogens (tertiary/aromatic N) is 1. The number of amides is 1. The fourth-order valence-electron chi connectivity index (χ4n) is 2.68. The van der Waals surface area contributed by atoms with Gasteiger partial charge in [0.2, 0.25) is 0 Å². The Morgan fingerprint density at radius 1 is 0.966 bits per heavy atom. The normalized spacial score (nSPS) is 16.2. The number of benzene rings is 3. The molecule has 1 aliphatic rings. The molecule has 4 rings (SSSR count). The highest BCUT2D eigenvalue weighted by Crippen LogP contribution is 2.29. The van der Waals surface area contributed by atoms with E-state index >= 15 is 0 Å². The largest absolute Gasteiger partial charge is 0.489 e. The molecule has 3 aromatic carbocycles. The van der Waals surface area contributed by atoms with Crippen molar-refractivity contribution in [3.8, 4) is 5.75 Å². The van der Waals surface area contributed by atoms with E-state index in [9.17, 15) is 9.18 Å². The first kappa shape index (κ1) is 19.0. The van der Waals surface area contributed by atoms with Crippen molar-refractivity contribution >= 4 is 34.6 Å². The molecule has 4 nitrogen and oxygen atoms in total. The Morgan fingerprint density at radius 2 is 1.69 bits per heavy atom. The quantitative estimate of drug-likeness (QED) is 0.588. The Hall–Kier alpha value is -3.38. The summed E-state index contributed by atoms with van der Waals surface area (Å²) in [6.07, 6.45) is 1.77. The third-order valence-corrected chi connectivity index (χ3v) is 5.06. The average molecular weight is 404 g/mol. The lowest BCUT2D eigenvalue weighted by Crippen LogP contribution is -2.19. The van der Waals surface area contributed by atoms with E-state index in [0.717, 1.165) is 16.9 Å². The fraction of sp³-hybridized carbons (Fsp3) is 0.0435. The molecule has 1 N–H and O–H groups in total. The fourth-order valence-corrected chi connectivity index (χ4v) is 3.52. The molecule has 1 fully saturated rings. The second-order valence-electron chi connectivity index (χ2n) is 6.28. The van der Waals surface area contributed by atoms with Crippen molar-refractivity contribution in [3.63, 3.8) is 0 Å². The van der Waals surface area contributed by atoms with Gasteiger partial charge in [-0.15, -0.1) is 0 Å². The van der Waals surface area contributed by atoms with Crippen molar-refractivity contribution in [1.82, 2.24) is 5.32 Å². The Balaban J connectivity index is 1.42. The maximum Gasteiger partial charge on any atom is 0.264 e. The van der Waals surface area contributed by atoms with Gasteiger partial charge in [-0.05, 0) is 53.2 Å². The van der Waals surface area contributed by atoms with Crippen LogP contribution in [0.4, 0.5) is 10.1 Å². The van der Waals surface area contributed by atoms with Crippen molar-refractivity contribution in [3.05, 3.63) is 101 Å². The number of nitrogens with one attached hydrogen (secondary N) is 1. The molecule has 6 heteroatoms. The number of rotatable bonds is 5. The summed E-state index contributed by atoms with van der Waals surface area (Å²) in [5.41, 5.74) is 2.15. The Bertz CT molecular complexity index is 1080. The molecule has 0 aliphatic carbocycles. The number of para-hydroxylation sites is 1. The first-order valence-electron chi connectivity index (χ1n) is 8.98. The molecule has 3 aromatic rings. The summed E-state index contributed by atoms with van der Waals surface area (Å²) in [7, 11) is 0. The van der Waals surface area contributed by atoms with E-state index in [0.29, 0.717) is 16.7 Å². The second-order valence-corrected chi connectivity index (χ2v) is 7.31. The zero-order valence-electron chi connectivity index (χ0n) is 15.3. The van der Waals surface area contributed by atoms with Crippen molar-refractivity contribution < 1.29 is 13.9 Å². The number of aliphatic imine (C=N–C) groups is 1. The van der Waals surface area contributed by atoms with Crippen LogP contribution in [0.15, 0.2) is 88.8 Å². The van der Waals surface area contributed by atoms with Crippen LogP contribution in [0.3, 0.4) is 0 Å². The number of thioether (sulfide) groups is 1. The average Bonchev–Trinajstić information content (AvgIpc) is 3.09. The van der Waals surface area contributed by atoms with Crippen LogP contribution in [0.5, 0.6) is 5.75 Å². The molecule has 0 atom stereocenters. The molecule has 1 aliphatic heterocycles. The van der Waals surface area contributed by atoms with Crippen LogP contribution < -0.4 is 10.1 Å². The van der Waals surface area contributed by atoms with Gasteiger partial charge >= 0.3 is 0 Å². The first-order chi connectivity index (χ1) is 14.2. The lowest BCUT2D eigenvalue weighted by atomic mass is 10.2. The van der Waals surface area contributed by atoms with E-state index in [1.807, 2.05) is 54.6 Å². The van der Waals surface area contributed by atoms with E-state index in [4.69, 9.17) is 4.74 Å². The van der Waals surface area contributed by atoms with Crippen molar-refractivity contribution in [2.45, 2.75) is 6.61 Å². The van der Waals surface area contributed by atoms with Gasteiger partial charge in [-0.3, -0.25) is 4.79 Å². The summed E-state index contributed by atoms with van der Waals surface area (Å²) in [4.78, 5) is 16.9. The van der Waals surface area contributed by atoms with E-state index in [1.165, 1.54) is 17.8 Å². The summed E-state index contributed by atoms with van der Waals surface area (Å²) in [6.45, 7) is 0.495. The topological polar surface area (TPSA) is 50.7 Å². The lowest BCUT2D eigenvalue weighted by molar-refractivity contribution is -0.115. The SMILES string of the molecule is O=C1NC(=Nc2ccccc2F)S/C1=C\c1ccc(OCc2ccccc2)cc1. The Morgan fingerprint density at radius 3 is 2.45 bits per heavy atom. The van der Waals surface area contributed by atoms with Crippen LogP contribution in [0.2, 0.25) is 0 Å². The van der Waals surface area contributed by atoms with E-state index in [1.54, 1.807) is 24.3 Å². The van der Waals surface area contributed by atoms with Crippen LogP contribution in [0.25, 0.3) is 6.08 Å². The van der Waals surface area contributed by atoms with Gasteiger partial charge in [0.05, 0.1) is 4.91 Å². The molecular weight excluding hydrogens is 387 g/mol. The maximum atomic E-state index is 13.7. The van der Waals surface area contributed by atoms with Crippen LogP contribution in [0, 0.1) is 5.82 Å². The highest BCUT2D eigenvalue weighted by atomic mass is 32.2. The number of halogens is 1.